The van der Waals surface area contributed by atoms with Crippen molar-refractivity contribution in [3.8, 4) is 0 Å². The van der Waals surface area contributed by atoms with E-state index in [0.717, 1.165) is 43.7 Å². The van der Waals surface area contributed by atoms with Crippen LogP contribution >= 0.6 is 0 Å². The summed E-state index contributed by atoms with van der Waals surface area (Å²) in [6.07, 6.45) is 3.56. The third kappa shape index (κ3) is 4.44. The van der Waals surface area contributed by atoms with Crippen molar-refractivity contribution in [1.29, 1.82) is 0 Å². The second-order valence-corrected chi connectivity index (χ2v) is 9.57. The summed E-state index contributed by atoms with van der Waals surface area (Å²) in [6, 6.07) is 5.96. The van der Waals surface area contributed by atoms with Crippen LogP contribution < -0.4 is 0 Å². The van der Waals surface area contributed by atoms with Crippen LogP contribution in [0, 0.1) is 12.8 Å². The minimum absolute atomic E-state index is 0.162. The second-order valence-electron chi connectivity index (χ2n) is 7.31. The summed E-state index contributed by atoms with van der Waals surface area (Å²) in [6.45, 7) is 6.81. The maximum atomic E-state index is 12.1. The number of rotatable bonds is 7. The molecule has 146 valence electrons. The Hall–Kier alpha value is -1.02. The van der Waals surface area contributed by atoms with Gasteiger partial charge in [0.15, 0.2) is 0 Å². The predicted molar refractivity (Wildman–Crippen MR) is 100 cm³/mol. The van der Waals surface area contributed by atoms with Gasteiger partial charge < -0.3 is 9.47 Å². The quantitative estimate of drug-likeness (QED) is 0.678. The van der Waals surface area contributed by atoms with Gasteiger partial charge in [0, 0.05) is 32.0 Å². The van der Waals surface area contributed by atoms with Crippen LogP contribution in [0.4, 0.5) is 0 Å². The number of sulfonamides is 1. The molecule has 1 atom stereocenters. The Morgan fingerprint density at radius 1 is 1.35 bits per heavy atom. The van der Waals surface area contributed by atoms with Gasteiger partial charge in [0.1, 0.15) is 0 Å². The molecule has 0 N–H and O–H groups in total. The Morgan fingerprint density at radius 3 is 2.81 bits per heavy atom. The lowest BCUT2D eigenvalue weighted by atomic mass is 9.78. The van der Waals surface area contributed by atoms with E-state index in [1.165, 1.54) is 0 Å². The molecule has 3 rings (SSSR count). The van der Waals surface area contributed by atoms with Gasteiger partial charge in [-0.05, 0) is 57.6 Å². The topological polar surface area (TPSA) is 68.7 Å². The zero-order valence-corrected chi connectivity index (χ0v) is 16.6. The Kier molecular flexibility index (Phi) is 6.33. The fraction of sp³-hybridized carbons (Fsp3) is 0.737. The molecule has 2 saturated heterocycles. The fourth-order valence-electron chi connectivity index (χ4n) is 4.15. The third-order valence-corrected chi connectivity index (χ3v) is 7.61. The van der Waals surface area contributed by atoms with E-state index in [0.29, 0.717) is 32.2 Å². The van der Waals surface area contributed by atoms with E-state index in [1.807, 2.05) is 25.1 Å². The lowest BCUT2D eigenvalue weighted by Gasteiger charge is -2.41. The lowest BCUT2D eigenvalue weighted by Crippen LogP contribution is -2.49. The molecule has 0 saturated carbocycles. The third-order valence-electron chi connectivity index (χ3n) is 5.73. The highest BCUT2D eigenvalue weighted by Gasteiger charge is 2.47. The second kappa shape index (κ2) is 8.33. The zero-order valence-electron chi connectivity index (χ0n) is 15.8. The average Bonchev–Trinajstić information content (AvgIpc) is 3.01. The molecule has 0 aromatic carbocycles. The molecular formula is C19H30N2O4S. The molecule has 0 bridgehead atoms. The van der Waals surface area contributed by atoms with Gasteiger partial charge in [0.05, 0.1) is 23.7 Å². The molecule has 1 aromatic rings. The first kappa shape index (κ1) is 19.7. The van der Waals surface area contributed by atoms with Gasteiger partial charge in [-0.15, -0.1) is 0 Å². The van der Waals surface area contributed by atoms with Crippen molar-refractivity contribution >= 4 is 10.0 Å². The van der Waals surface area contributed by atoms with Crippen LogP contribution in [0.2, 0.25) is 0 Å². The Bertz CT molecular complexity index is 699. The van der Waals surface area contributed by atoms with Crippen molar-refractivity contribution in [2.45, 2.75) is 51.7 Å². The molecule has 2 aliphatic rings. The molecule has 0 radical (unpaired) electrons. The maximum Gasteiger partial charge on any atom is 0.213 e. The number of piperidine rings is 1. The maximum absolute atomic E-state index is 12.1. The van der Waals surface area contributed by atoms with Gasteiger partial charge in [-0.2, -0.15) is 0 Å². The van der Waals surface area contributed by atoms with Crippen molar-refractivity contribution < 1.29 is 17.9 Å². The van der Waals surface area contributed by atoms with Crippen molar-refractivity contribution in [3.05, 3.63) is 29.6 Å². The van der Waals surface area contributed by atoms with Gasteiger partial charge in [-0.25, -0.2) is 12.7 Å². The molecule has 1 spiro atoms. The molecule has 7 heteroatoms. The first-order chi connectivity index (χ1) is 12.5. The molecule has 1 aromatic heterocycles. The summed E-state index contributed by atoms with van der Waals surface area (Å²) in [5.41, 5.74) is 1.80. The van der Waals surface area contributed by atoms with Crippen molar-refractivity contribution in [3.63, 3.8) is 0 Å². The standard InChI is InChI=1S/C19H30N2O4S/c1-3-26(22,23)21-11-9-19(10-12-21)17(8-14-25-19)7-13-24-15-18-6-4-5-16(2)20-18/h4-6,17H,3,7-15H2,1-2H3. The minimum atomic E-state index is -3.09. The predicted octanol–water partition coefficient (Wildman–Crippen LogP) is 2.52. The van der Waals surface area contributed by atoms with Crippen LogP contribution in [0.15, 0.2) is 18.2 Å². The summed E-state index contributed by atoms with van der Waals surface area (Å²) in [7, 11) is -3.09. The van der Waals surface area contributed by atoms with Crippen molar-refractivity contribution in [2.75, 3.05) is 32.1 Å². The largest absolute Gasteiger partial charge is 0.375 e. The van der Waals surface area contributed by atoms with Gasteiger partial charge >= 0.3 is 0 Å². The van der Waals surface area contributed by atoms with E-state index in [4.69, 9.17) is 9.47 Å². The van der Waals surface area contributed by atoms with Gasteiger partial charge in [0.2, 0.25) is 10.0 Å². The van der Waals surface area contributed by atoms with Crippen LogP contribution in [0.1, 0.15) is 44.0 Å². The number of hydrogen-bond donors (Lipinski definition) is 0. The molecule has 0 aliphatic carbocycles. The zero-order chi connectivity index (χ0) is 18.6. The van der Waals surface area contributed by atoms with E-state index in [9.17, 15) is 8.42 Å². The molecule has 2 fully saturated rings. The number of aromatic nitrogens is 1. The van der Waals surface area contributed by atoms with Crippen molar-refractivity contribution in [2.24, 2.45) is 5.92 Å². The highest BCUT2D eigenvalue weighted by molar-refractivity contribution is 7.89. The fourth-order valence-corrected chi connectivity index (χ4v) is 5.26. The van der Waals surface area contributed by atoms with Crippen LogP contribution in [0.5, 0.6) is 0 Å². The smallest absolute Gasteiger partial charge is 0.213 e. The number of hydrogen-bond acceptors (Lipinski definition) is 5. The number of pyridine rings is 1. The van der Waals surface area contributed by atoms with E-state index in [1.54, 1.807) is 11.2 Å². The highest BCUT2D eigenvalue weighted by atomic mass is 32.2. The lowest BCUT2D eigenvalue weighted by molar-refractivity contribution is -0.0618. The molecule has 1 unspecified atom stereocenters. The summed E-state index contributed by atoms with van der Waals surface area (Å²) < 4.78 is 37.7. The Labute approximate surface area is 156 Å². The molecule has 6 nitrogen and oxygen atoms in total. The SMILES string of the molecule is CCS(=O)(=O)N1CCC2(CC1)OCCC2CCOCc1cccc(C)n1. The summed E-state index contributed by atoms with van der Waals surface area (Å²) in [4.78, 5) is 4.45. The molecule has 3 heterocycles. The van der Waals surface area contributed by atoms with E-state index in [-0.39, 0.29) is 11.4 Å². The van der Waals surface area contributed by atoms with Gasteiger partial charge in [0.25, 0.3) is 0 Å². The van der Waals surface area contributed by atoms with Gasteiger partial charge in [-0.3, -0.25) is 4.98 Å². The monoisotopic (exact) mass is 382 g/mol. The summed E-state index contributed by atoms with van der Waals surface area (Å²) in [5, 5.41) is 0. The molecule has 0 amide bonds. The molecule has 2 aliphatic heterocycles. The number of aryl methyl sites for hydroxylation is 1. The average molecular weight is 383 g/mol. The van der Waals surface area contributed by atoms with Crippen LogP contribution in [0.25, 0.3) is 0 Å². The van der Waals surface area contributed by atoms with Crippen LogP contribution in [-0.2, 0) is 26.1 Å². The highest BCUT2D eigenvalue weighted by Crippen LogP contribution is 2.42. The molecule has 26 heavy (non-hydrogen) atoms. The Morgan fingerprint density at radius 2 is 2.12 bits per heavy atom. The van der Waals surface area contributed by atoms with Crippen molar-refractivity contribution in [1.82, 2.24) is 9.29 Å². The normalized spacial score (nSPS) is 23.5. The van der Waals surface area contributed by atoms with E-state index >= 15 is 0 Å². The molecular weight excluding hydrogens is 352 g/mol. The van der Waals surface area contributed by atoms with E-state index < -0.39 is 10.0 Å². The number of ether oxygens (including phenoxy) is 2. The Balaban J connectivity index is 1.48. The minimum Gasteiger partial charge on any atom is -0.375 e. The first-order valence-corrected chi connectivity index (χ1v) is 11.2. The van der Waals surface area contributed by atoms with Crippen LogP contribution in [-0.4, -0.2) is 55.4 Å². The van der Waals surface area contributed by atoms with Gasteiger partial charge in [-0.1, -0.05) is 6.07 Å². The first-order valence-electron chi connectivity index (χ1n) is 9.57. The van der Waals surface area contributed by atoms with E-state index in [2.05, 4.69) is 4.98 Å². The van der Waals surface area contributed by atoms with Crippen LogP contribution in [0.3, 0.4) is 0 Å². The summed E-state index contributed by atoms with van der Waals surface area (Å²) >= 11 is 0. The summed E-state index contributed by atoms with van der Waals surface area (Å²) in [5.74, 6) is 0.616. The number of nitrogens with zero attached hydrogens (tertiary/aromatic N) is 2.